The van der Waals surface area contributed by atoms with Crippen molar-refractivity contribution in [2.45, 2.75) is 20.0 Å². The number of allylic oxidation sites excluding steroid dienone is 1. The molecule has 0 aromatic heterocycles. The van der Waals surface area contributed by atoms with Gasteiger partial charge in [-0.15, -0.1) is 0 Å². The minimum Gasteiger partial charge on any atom is -0.495 e. The summed E-state index contributed by atoms with van der Waals surface area (Å²) in [6.07, 6.45) is -2.32. The quantitative estimate of drug-likeness (QED) is 0.684. The summed E-state index contributed by atoms with van der Waals surface area (Å²) in [5, 5.41) is 5.03. The van der Waals surface area contributed by atoms with Crippen molar-refractivity contribution in [3.05, 3.63) is 36.0 Å². The van der Waals surface area contributed by atoms with Crippen LogP contribution in [0, 0.1) is 5.92 Å². The second-order valence-corrected chi connectivity index (χ2v) is 5.25. The van der Waals surface area contributed by atoms with E-state index in [0.29, 0.717) is 5.69 Å². The van der Waals surface area contributed by atoms with Crippen molar-refractivity contribution in [3.8, 4) is 5.75 Å². The molecule has 1 aromatic carbocycles. The van der Waals surface area contributed by atoms with Crippen molar-refractivity contribution in [2.75, 3.05) is 25.6 Å². The molecule has 1 atom stereocenters. The van der Waals surface area contributed by atoms with Gasteiger partial charge >= 0.3 is 12.1 Å². The molecule has 0 aliphatic rings. The number of carbonyl (C=O) groups excluding carboxylic acids is 2. The first-order valence-electron chi connectivity index (χ1n) is 7.80. The van der Waals surface area contributed by atoms with Gasteiger partial charge in [-0.25, -0.2) is 4.79 Å². The van der Waals surface area contributed by atoms with E-state index in [4.69, 9.17) is 9.47 Å². The van der Waals surface area contributed by atoms with Crippen LogP contribution in [0.5, 0.6) is 5.75 Å². The van der Waals surface area contributed by atoms with E-state index in [1.54, 1.807) is 6.92 Å². The predicted octanol–water partition coefficient (Wildman–Crippen LogP) is 3.11. The lowest BCUT2D eigenvalue weighted by Gasteiger charge is -2.12. The average molecular weight is 374 g/mol. The molecule has 9 heteroatoms. The van der Waals surface area contributed by atoms with Crippen LogP contribution in [-0.4, -0.2) is 38.3 Å². The molecule has 26 heavy (non-hydrogen) atoms. The second kappa shape index (κ2) is 9.69. The van der Waals surface area contributed by atoms with Crippen LogP contribution in [-0.2, 0) is 9.53 Å². The van der Waals surface area contributed by atoms with Gasteiger partial charge in [0.15, 0.2) is 0 Å². The third-order valence-electron chi connectivity index (χ3n) is 3.27. The number of hydrogen-bond donors (Lipinski definition) is 2. The summed E-state index contributed by atoms with van der Waals surface area (Å²) in [6.45, 7) is 2.69. The number of benzene rings is 1. The molecule has 1 amide bonds. The van der Waals surface area contributed by atoms with Gasteiger partial charge in [-0.05, 0) is 31.3 Å². The fraction of sp³-hybridized carbons (Fsp3) is 0.412. The van der Waals surface area contributed by atoms with Crippen LogP contribution in [0.25, 0.3) is 0 Å². The van der Waals surface area contributed by atoms with E-state index >= 15 is 0 Å². The summed E-state index contributed by atoms with van der Waals surface area (Å²) < 4.78 is 47.0. The molecule has 0 fully saturated rings. The van der Waals surface area contributed by atoms with Gasteiger partial charge < -0.3 is 20.1 Å². The average Bonchev–Trinajstić information content (AvgIpc) is 2.58. The lowest BCUT2D eigenvalue weighted by molar-refractivity contribution is -0.156. The SMILES string of the molecule is CCOC(=O)c1ccc(NC(=O)CN/C=C/[C@@H](C)C(F)(F)F)c(OC)c1. The van der Waals surface area contributed by atoms with Gasteiger partial charge in [0, 0.05) is 0 Å². The Balaban J connectivity index is 2.64. The monoisotopic (exact) mass is 374 g/mol. The molecular formula is C17H21F3N2O4. The lowest BCUT2D eigenvalue weighted by Crippen LogP contribution is -2.25. The summed E-state index contributed by atoms with van der Waals surface area (Å²) in [4.78, 5) is 23.6. The smallest absolute Gasteiger partial charge is 0.394 e. The van der Waals surface area contributed by atoms with E-state index < -0.39 is 24.0 Å². The highest BCUT2D eigenvalue weighted by Gasteiger charge is 2.33. The molecule has 0 aliphatic carbocycles. The van der Waals surface area contributed by atoms with Crippen LogP contribution < -0.4 is 15.4 Å². The number of methoxy groups -OCH3 is 1. The third kappa shape index (κ3) is 6.66. The molecular weight excluding hydrogens is 353 g/mol. The molecule has 6 nitrogen and oxygen atoms in total. The molecule has 0 bridgehead atoms. The van der Waals surface area contributed by atoms with Gasteiger partial charge in [-0.2, -0.15) is 13.2 Å². The van der Waals surface area contributed by atoms with E-state index in [1.807, 2.05) is 0 Å². The minimum absolute atomic E-state index is 0.228. The van der Waals surface area contributed by atoms with E-state index in [2.05, 4.69) is 10.6 Å². The van der Waals surface area contributed by atoms with Crippen LogP contribution in [0.4, 0.5) is 18.9 Å². The van der Waals surface area contributed by atoms with Crippen LogP contribution in [0.15, 0.2) is 30.5 Å². The largest absolute Gasteiger partial charge is 0.495 e. The van der Waals surface area contributed by atoms with Crippen LogP contribution in [0.1, 0.15) is 24.2 Å². The number of esters is 1. The van der Waals surface area contributed by atoms with E-state index in [1.165, 1.54) is 25.3 Å². The maximum Gasteiger partial charge on any atom is 0.394 e. The molecule has 1 rings (SSSR count). The van der Waals surface area contributed by atoms with Gasteiger partial charge in [-0.1, -0.05) is 13.0 Å². The number of carbonyl (C=O) groups is 2. The van der Waals surface area contributed by atoms with Crippen LogP contribution >= 0.6 is 0 Å². The Morgan fingerprint density at radius 2 is 2.00 bits per heavy atom. The Kier molecular flexibility index (Phi) is 7.95. The molecule has 1 aromatic rings. The second-order valence-electron chi connectivity index (χ2n) is 5.25. The molecule has 0 radical (unpaired) electrons. The molecule has 0 heterocycles. The van der Waals surface area contributed by atoms with E-state index in [9.17, 15) is 22.8 Å². The van der Waals surface area contributed by atoms with Gasteiger partial charge in [0.1, 0.15) is 5.75 Å². The predicted molar refractivity (Wildman–Crippen MR) is 89.9 cm³/mol. The Hall–Kier alpha value is -2.71. The first-order chi connectivity index (χ1) is 12.2. The fourth-order valence-corrected chi connectivity index (χ4v) is 1.80. The number of amides is 1. The highest BCUT2D eigenvalue weighted by Crippen LogP contribution is 2.27. The number of ether oxygens (including phenoxy) is 2. The summed E-state index contributed by atoms with van der Waals surface area (Å²) in [5.74, 6) is -2.37. The van der Waals surface area contributed by atoms with Crippen molar-refractivity contribution >= 4 is 17.6 Å². The molecule has 0 aliphatic heterocycles. The standard InChI is InChI=1S/C17H21F3N2O4/c1-4-26-16(24)12-5-6-13(14(9-12)25-3)22-15(23)10-21-8-7-11(2)17(18,19)20/h5-9,11,21H,4,10H2,1-3H3,(H,22,23)/b8-7+/t11-/m1/s1. The number of anilines is 1. The number of hydrogen-bond acceptors (Lipinski definition) is 5. The summed E-state index contributed by atoms with van der Waals surface area (Å²) >= 11 is 0. The summed E-state index contributed by atoms with van der Waals surface area (Å²) in [5.41, 5.74) is 0.587. The Labute approximate surface area is 149 Å². The van der Waals surface area contributed by atoms with Crippen LogP contribution in [0.2, 0.25) is 0 Å². The zero-order chi connectivity index (χ0) is 19.7. The molecule has 0 spiro atoms. The lowest BCUT2D eigenvalue weighted by atomic mass is 10.2. The third-order valence-corrected chi connectivity index (χ3v) is 3.27. The van der Waals surface area contributed by atoms with Gasteiger partial charge in [0.2, 0.25) is 5.91 Å². The number of halogens is 3. The highest BCUT2D eigenvalue weighted by molar-refractivity contribution is 5.96. The van der Waals surface area contributed by atoms with Crippen molar-refractivity contribution in [2.24, 2.45) is 5.92 Å². The van der Waals surface area contributed by atoms with E-state index in [0.717, 1.165) is 19.2 Å². The molecule has 0 saturated heterocycles. The maximum absolute atomic E-state index is 12.3. The van der Waals surface area contributed by atoms with Gasteiger partial charge in [-0.3, -0.25) is 4.79 Å². The van der Waals surface area contributed by atoms with Crippen molar-refractivity contribution < 1.29 is 32.2 Å². The number of nitrogens with one attached hydrogen (secondary N) is 2. The zero-order valence-electron chi connectivity index (χ0n) is 14.6. The minimum atomic E-state index is -4.32. The summed E-state index contributed by atoms with van der Waals surface area (Å²) in [7, 11) is 1.37. The number of alkyl halides is 3. The topological polar surface area (TPSA) is 76.7 Å². The van der Waals surface area contributed by atoms with E-state index in [-0.39, 0.29) is 24.5 Å². The molecule has 0 saturated carbocycles. The highest BCUT2D eigenvalue weighted by atomic mass is 19.4. The maximum atomic E-state index is 12.3. The first kappa shape index (κ1) is 21.3. The Morgan fingerprint density at radius 3 is 2.58 bits per heavy atom. The Morgan fingerprint density at radius 1 is 1.31 bits per heavy atom. The van der Waals surface area contributed by atoms with Crippen molar-refractivity contribution in [1.29, 1.82) is 0 Å². The first-order valence-corrected chi connectivity index (χ1v) is 7.80. The zero-order valence-corrected chi connectivity index (χ0v) is 14.6. The fourth-order valence-electron chi connectivity index (χ4n) is 1.80. The van der Waals surface area contributed by atoms with Crippen molar-refractivity contribution in [1.82, 2.24) is 5.32 Å². The van der Waals surface area contributed by atoms with Crippen molar-refractivity contribution in [3.63, 3.8) is 0 Å². The molecule has 2 N–H and O–H groups in total. The van der Waals surface area contributed by atoms with Gasteiger partial charge in [0.25, 0.3) is 0 Å². The summed E-state index contributed by atoms with van der Waals surface area (Å²) in [6, 6.07) is 4.37. The normalized spacial score (nSPS) is 12.5. The molecule has 0 unspecified atom stereocenters. The number of rotatable bonds is 8. The molecule has 144 valence electrons. The van der Waals surface area contributed by atoms with Gasteiger partial charge in [0.05, 0.1) is 37.4 Å². The van der Waals surface area contributed by atoms with Crippen LogP contribution in [0.3, 0.4) is 0 Å². The Bertz CT molecular complexity index is 660.